The molecule has 33 heavy (non-hydrogen) atoms. The number of unbranched alkanes of at least 4 members (excludes halogenated alkanes) is 2. The Hall–Kier alpha value is -2.87. The van der Waals surface area contributed by atoms with Crippen molar-refractivity contribution in [2.45, 2.75) is 71.1 Å². The molecule has 4 nitrogen and oxygen atoms in total. The van der Waals surface area contributed by atoms with Gasteiger partial charge in [0.1, 0.15) is 5.75 Å². The Labute approximate surface area is 196 Å². The average molecular weight is 452 g/mol. The standard InChI is InChI=1S/C28H34FNO3/c1-2-3-4-8-22-9-5-6-10-23(22)11-7-18-32-25-15-13-24(14-16-25)28(31)33-27-17-12-21(20-30)19-26(27)29/h12-17,19,22-23H,2-11,18H2,1H3. The van der Waals surface area contributed by atoms with E-state index in [2.05, 4.69) is 6.92 Å². The van der Waals surface area contributed by atoms with E-state index in [1.165, 1.54) is 69.9 Å². The number of carbonyl (C=O) groups is 1. The Bertz CT molecular complexity index is 935. The summed E-state index contributed by atoms with van der Waals surface area (Å²) in [6.45, 7) is 2.93. The summed E-state index contributed by atoms with van der Waals surface area (Å²) < 4.78 is 24.9. The highest BCUT2D eigenvalue weighted by molar-refractivity contribution is 5.91. The third-order valence-corrected chi connectivity index (χ3v) is 6.59. The fraction of sp³-hybridized carbons (Fsp3) is 0.500. The van der Waals surface area contributed by atoms with Gasteiger partial charge in [0.15, 0.2) is 11.6 Å². The second-order valence-electron chi connectivity index (χ2n) is 8.96. The van der Waals surface area contributed by atoms with Crippen LogP contribution in [0.2, 0.25) is 0 Å². The van der Waals surface area contributed by atoms with Gasteiger partial charge in [0.25, 0.3) is 0 Å². The van der Waals surface area contributed by atoms with Gasteiger partial charge in [-0.2, -0.15) is 5.26 Å². The van der Waals surface area contributed by atoms with Crippen molar-refractivity contribution in [2.75, 3.05) is 6.61 Å². The molecule has 1 fully saturated rings. The molecule has 0 saturated heterocycles. The summed E-state index contributed by atoms with van der Waals surface area (Å²) in [6.07, 6.45) is 13.1. The molecule has 2 aromatic carbocycles. The monoisotopic (exact) mass is 451 g/mol. The quantitative estimate of drug-likeness (QED) is 0.202. The third kappa shape index (κ3) is 7.60. The Kier molecular flexibility index (Phi) is 9.75. The molecule has 2 aromatic rings. The molecule has 0 aliphatic heterocycles. The molecule has 1 aliphatic carbocycles. The number of benzene rings is 2. The maximum absolute atomic E-state index is 13.9. The van der Waals surface area contributed by atoms with Gasteiger partial charge in [-0.3, -0.25) is 0 Å². The van der Waals surface area contributed by atoms with Gasteiger partial charge in [0.2, 0.25) is 0 Å². The molecule has 1 saturated carbocycles. The average Bonchev–Trinajstić information content (AvgIpc) is 2.84. The minimum atomic E-state index is -0.743. The SMILES string of the molecule is CCCCCC1CCCCC1CCCOc1ccc(C(=O)Oc2ccc(C#N)cc2F)cc1. The van der Waals surface area contributed by atoms with Gasteiger partial charge in [-0.1, -0.05) is 58.3 Å². The number of ether oxygens (including phenoxy) is 2. The lowest BCUT2D eigenvalue weighted by molar-refractivity contribution is 0.0728. The van der Waals surface area contributed by atoms with E-state index in [1.54, 1.807) is 24.3 Å². The van der Waals surface area contributed by atoms with Crippen LogP contribution in [0.1, 0.15) is 87.1 Å². The third-order valence-electron chi connectivity index (χ3n) is 6.59. The largest absolute Gasteiger partial charge is 0.494 e. The minimum Gasteiger partial charge on any atom is -0.494 e. The number of nitrogens with zero attached hydrogens (tertiary/aromatic N) is 1. The number of carbonyl (C=O) groups excluding carboxylic acids is 1. The van der Waals surface area contributed by atoms with Crippen LogP contribution in [0.4, 0.5) is 4.39 Å². The predicted octanol–water partition coefficient (Wildman–Crippen LogP) is 7.46. The summed E-state index contributed by atoms with van der Waals surface area (Å²) in [4.78, 5) is 12.3. The van der Waals surface area contributed by atoms with Gasteiger partial charge in [-0.15, -0.1) is 0 Å². The molecular formula is C28H34FNO3. The van der Waals surface area contributed by atoms with Gasteiger partial charge in [0.05, 0.1) is 23.8 Å². The molecule has 176 valence electrons. The van der Waals surface area contributed by atoms with Crippen LogP contribution in [0.25, 0.3) is 0 Å². The molecule has 0 radical (unpaired) electrons. The van der Waals surface area contributed by atoms with E-state index in [9.17, 15) is 9.18 Å². The Balaban J connectivity index is 1.43. The molecule has 2 atom stereocenters. The van der Waals surface area contributed by atoms with Crippen molar-refractivity contribution in [1.29, 1.82) is 5.26 Å². The molecule has 0 spiro atoms. The molecule has 0 N–H and O–H groups in total. The van der Waals surface area contributed by atoms with Crippen LogP contribution in [-0.4, -0.2) is 12.6 Å². The zero-order chi connectivity index (χ0) is 23.5. The second-order valence-corrected chi connectivity index (χ2v) is 8.96. The topological polar surface area (TPSA) is 59.3 Å². The molecule has 0 heterocycles. The van der Waals surface area contributed by atoms with Crippen LogP contribution in [0.15, 0.2) is 42.5 Å². The molecule has 3 rings (SSSR count). The van der Waals surface area contributed by atoms with Crippen LogP contribution in [0, 0.1) is 29.0 Å². The van der Waals surface area contributed by atoms with E-state index in [0.717, 1.165) is 24.3 Å². The second kappa shape index (κ2) is 13.0. The number of nitriles is 1. The van der Waals surface area contributed by atoms with Gasteiger partial charge >= 0.3 is 5.97 Å². The zero-order valence-corrected chi connectivity index (χ0v) is 19.5. The number of esters is 1. The van der Waals surface area contributed by atoms with E-state index in [4.69, 9.17) is 14.7 Å². The summed E-state index contributed by atoms with van der Waals surface area (Å²) in [7, 11) is 0. The molecule has 0 aromatic heterocycles. The van der Waals surface area contributed by atoms with E-state index >= 15 is 0 Å². The highest BCUT2D eigenvalue weighted by Crippen LogP contribution is 2.36. The lowest BCUT2D eigenvalue weighted by Gasteiger charge is -2.31. The van der Waals surface area contributed by atoms with Gasteiger partial charge < -0.3 is 9.47 Å². The Morgan fingerprint density at radius 2 is 1.73 bits per heavy atom. The first-order valence-corrected chi connectivity index (χ1v) is 12.3. The fourth-order valence-electron chi connectivity index (χ4n) is 4.74. The van der Waals surface area contributed by atoms with Crippen molar-refractivity contribution in [3.63, 3.8) is 0 Å². The highest BCUT2D eigenvalue weighted by Gasteiger charge is 2.24. The molecule has 2 unspecified atom stereocenters. The van der Waals surface area contributed by atoms with Gasteiger partial charge in [0, 0.05) is 0 Å². The summed E-state index contributed by atoms with van der Waals surface area (Å²) >= 11 is 0. The maximum Gasteiger partial charge on any atom is 0.343 e. The molecule has 0 amide bonds. The molecule has 5 heteroatoms. The van der Waals surface area contributed by atoms with Crippen LogP contribution >= 0.6 is 0 Å². The predicted molar refractivity (Wildman–Crippen MR) is 127 cm³/mol. The lowest BCUT2D eigenvalue weighted by atomic mass is 9.74. The van der Waals surface area contributed by atoms with Crippen LogP contribution in [0.3, 0.4) is 0 Å². The van der Waals surface area contributed by atoms with E-state index in [0.29, 0.717) is 17.9 Å². The maximum atomic E-state index is 13.9. The Morgan fingerprint density at radius 3 is 2.36 bits per heavy atom. The summed E-state index contributed by atoms with van der Waals surface area (Å²) in [5.74, 6) is 0.828. The van der Waals surface area contributed by atoms with Crippen molar-refractivity contribution in [2.24, 2.45) is 11.8 Å². The number of hydrogen-bond acceptors (Lipinski definition) is 4. The zero-order valence-electron chi connectivity index (χ0n) is 19.5. The first kappa shape index (κ1) is 24.8. The van der Waals surface area contributed by atoms with Crippen molar-refractivity contribution >= 4 is 5.97 Å². The molecule has 0 bridgehead atoms. The van der Waals surface area contributed by atoms with E-state index in [-0.39, 0.29) is 11.3 Å². The van der Waals surface area contributed by atoms with Gasteiger partial charge in [-0.05, 0) is 67.1 Å². The van der Waals surface area contributed by atoms with E-state index in [1.807, 2.05) is 6.07 Å². The van der Waals surface area contributed by atoms with E-state index < -0.39 is 11.8 Å². The summed E-state index contributed by atoms with van der Waals surface area (Å²) in [5, 5.41) is 8.80. The first-order chi connectivity index (χ1) is 16.1. The Morgan fingerprint density at radius 1 is 1.03 bits per heavy atom. The first-order valence-electron chi connectivity index (χ1n) is 12.3. The molecular weight excluding hydrogens is 417 g/mol. The fourth-order valence-corrected chi connectivity index (χ4v) is 4.74. The highest BCUT2D eigenvalue weighted by atomic mass is 19.1. The normalized spacial score (nSPS) is 17.8. The number of halogens is 1. The van der Waals surface area contributed by atoms with Crippen LogP contribution in [0.5, 0.6) is 11.5 Å². The van der Waals surface area contributed by atoms with Crippen molar-refractivity contribution in [1.82, 2.24) is 0 Å². The smallest absolute Gasteiger partial charge is 0.343 e. The van der Waals surface area contributed by atoms with Crippen LogP contribution < -0.4 is 9.47 Å². The van der Waals surface area contributed by atoms with Crippen molar-refractivity contribution in [3.05, 3.63) is 59.4 Å². The minimum absolute atomic E-state index is 0.171. The van der Waals surface area contributed by atoms with Crippen LogP contribution in [-0.2, 0) is 0 Å². The van der Waals surface area contributed by atoms with Crippen molar-refractivity contribution < 1.29 is 18.7 Å². The summed E-state index contributed by atoms with van der Waals surface area (Å²) in [5.41, 5.74) is 0.479. The van der Waals surface area contributed by atoms with Gasteiger partial charge in [-0.25, -0.2) is 9.18 Å². The van der Waals surface area contributed by atoms with Crippen molar-refractivity contribution in [3.8, 4) is 17.6 Å². The summed E-state index contributed by atoms with van der Waals surface area (Å²) in [6, 6.07) is 12.3. The number of rotatable bonds is 11. The lowest BCUT2D eigenvalue weighted by Crippen LogP contribution is -2.20. The number of hydrogen-bond donors (Lipinski definition) is 0. The molecule has 1 aliphatic rings.